The lowest BCUT2D eigenvalue weighted by Gasteiger charge is -2.13. The Hall–Kier alpha value is -2.91. The highest BCUT2D eigenvalue weighted by Gasteiger charge is 2.14. The summed E-state index contributed by atoms with van der Waals surface area (Å²) in [6.45, 7) is 0. The third-order valence-electron chi connectivity index (χ3n) is 3.93. The lowest BCUT2D eigenvalue weighted by molar-refractivity contribution is 0.103. The van der Waals surface area contributed by atoms with Crippen LogP contribution in [0.1, 0.15) is 33.2 Å². The van der Waals surface area contributed by atoms with Crippen LogP contribution in [0.3, 0.4) is 0 Å². The number of hydrogen-bond donors (Lipinski definition) is 1. The van der Waals surface area contributed by atoms with Crippen molar-refractivity contribution >= 4 is 5.78 Å². The summed E-state index contributed by atoms with van der Waals surface area (Å²) in [4.78, 5) is 12.5. The first-order valence-corrected chi connectivity index (χ1v) is 7.71. The number of carbonyl (C=O) groups is 1. The van der Waals surface area contributed by atoms with Crippen molar-refractivity contribution < 1.29 is 14.6 Å². The smallest absolute Gasteiger partial charge is 0.193 e. The summed E-state index contributed by atoms with van der Waals surface area (Å²) in [5, 5.41) is 10.6. The van der Waals surface area contributed by atoms with Gasteiger partial charge in [-0.25, -0.2) is 0 Å². The minimum Gasteiger partial charge on any atom is -0.497 e. The standard InChI is InChI=1S/C21H18O3/c1-24-19-12-10-16(11-13-19)21(23)18-9-5-8-17(14-18)20(22)15-6-3-2-4-7-15/h2-14,21,23H,1H3. The Labute approximate surface area is 141 Å². The van der Waals surface area contributed by atoms with E-state index in [1.807, 2.05) is 36.4 Å². The number of aliphatic hydroxyl groups excluding tert-OH is 1. The van der Waals surface area contributed by atoms with Crippen molar-refractivity contribution in [3.05, 3.63) is 101 Å². The van der Waals surface area contributed by atoms with E-state index in [4.69, 9.17) is 4.74 Å². The highest BCUT2D eigenvalue weighted by molar-refractivity contribution is 6.09. The molecule has 0 aromatic heterocycles. The van der Waals surface area contributed by atoms with E-state index >= 15 is 0 Å². The van der Waals surface area contributed by atoms with Crippen LogP contribution in [0.15, 0.2) is 78.9 Å². The van der Waals surface area contributed by atoms with Gasteiger partial charge in [-0.1, -0.05) is 60.7 Å². The summed E-state index contributed by atoms with van der Waals surface area (Å²) in [6, 6.07) is 23.5. The lowest BCUT2D eigenvalue weighted by Crippen LogP contribution is -2.04. The fourth-order valence-corrected chi connectivity index (χ4v) is 2.58. The number of benzene rings is 3. The van der Waals surface area contributed by atoms with Gasteiger partial charge in [0, 0.05) is 11.1 Å². The minimum absolute atomic E-state index is 0.0561. The van der Waals surface area contributed by atoms with E-state index in [0.717, 1.165) is 11.3 Å². The van der Waals surface area contributed by atoms with Gasteiger partial charge in [0.25, 0.3) is 0 Å². The van der Waals surface area contributed by atoms with Gasteiger partial charge in [0.15, 0.2) is 5.78 Å². The van der Waals surface area contributed by atoms with Crippen LogP contribution in [-0.4, -0.2) is 18.0 Å². The highest BCUT2D eigenvalue weighted by atomic mass is 16.5. The first-order chi connectivity index (χ1) is 11.7. The average Bonchev–Trinajstić information content (AvgIpc) is 2.67. The molecule has 1 N–H and O–H groups in total. The third-order valence-corrected chi connectivity index (χ3v) is 3.93. The summed E-state index contributed by atoms with van der Waals surface area (Å²) < 4.78 is 5.13. The summed E-state index contributed by atoms with van der Waals surface area (Å²) in [6.07, 6.45) is -0.792. The van der Waals surface area contributed by atoms with Crippen LogP contribution in [0.4, 0.5) is 0 Å². The molecule has 0 bridgehead atoms. The molecular formula is C21H18O3. The van der Waals surface area contributed by atoms with E-state index in [1.165, 1.54) is 0 Å². The molecule has 0 radical (unpaired) electrons. The summed E-state index contributed by atoms with van der Waals surface area (Å²) in [5.41, 5.74) is 2.63. The Morgan fingerprint density at radius 3 is 2.17 bits per heavy atom. The molecule has 1 unspecified atom stereocenters. The van der Waals surface area contributed by atoms with Gasteiger partial charge in [0.2, 0.25) is 0 Å². The van der Waals surface area contributed by atoms with E-state index in [-0.39, 0.29) is 5.78 Å². The highest BCUT2D eigenvalue weighted by Crippen LogP contribution is 2.25. The Bertz CT molecular complexity index is 823. The molecule has 0 saturated heterocycles. The fourth-order valence-electron chi connectivity index (χ4n) is 2.58. The van der Waals surface area contributed by atoms with E-state index in [1.54, 1.807) is 49.6 Å². The monoisotopic (exact) mass is 318 g/mol. The lowest BCUT2D eigenvalue weighted by atomic mass is 9.96. The quantitative estimate of drug-likeness (QED) is 0.723. The van der Waals surface area contributed by atoms with Crippen molar-refractivity contribution in [3.8, 4) is 5.75 Å². The molecule has 3 aromatic rings. The number of hydrogen-bond acceptors (Lipinski definition) is 3. The number of ether oxygens (including phenoxy) is 1. The first-order valence-electron chi connectivity index (χ1n) is 7.71. The third kappa shape index (κ3) is 3.36. The van der Waals surface area contributed by atoms with Crippen LogP contribution in [0, 0.1) is 0 Å². The zero-order valence-electron chi connectivity index (χ0n) is 13.3. The molecule has 120 valence electrons. The van der Waals surface area contributed by atoms with Crippen molar-refractivity contribution in [2.75, 3.05) is 7.11 Å². The number of rotatable bonds is 5. The zero-order valence-corrected chi connectivity index (χ0v) is 13.3. The van der Waals surface area contributed by atoms with Crippen LogP contribution in [-0.2, 0) is 0 Å². The van der Waals surface area contributed by atoms with Crippen LogP contribution in [0.2, 0.25) is 0 Å². The van der Waals surface area contributed by atoms with Crippen LogP contribution in [0.25, 0.3) is 0 Å². The molecule has 0 aliphatic rings. The van der Waals surface area contributed by atoms with Crippen molar-refractivity contribution in [2.45, 2.75) is 6.10 Å². The number of carbonyl (C=O) groups excluding carboxylic acids is 1. The van der Waals surface area contributed by atoms with E-state index in [0.29, 0.717) is 16.7 Å². The molecule has 3 aromatic carbocycles. The molecule has 0 amide bonds. The molecule has 0 aliphatic carbocycles. The molecular weight excluding hydrogens is 300 g/mol. The molecule has 0 heterocycles. The molecule has 3 heteroatoms. The molecule has 3 nitrogen and oxygen atoms in total. The molecule has 0 aliphatic heterocycles. The molecule has 3 rings (SSSR count). The predicted molar refractivity (Wildman–Crippen MR) is 93.4 cm³/mol. The van der Waals surface area contributed by atoms with E-state index in [9.17, 15) is 9.90 Å². The van der Waals surface area contributed by atoms with Crippen molar-refractivity contribution in [3.63, 3.8) is 0 Å². The zero-order chi connectivity index (χ0) is 16.9. The normalized spacial score (nSPS) is 11.8. The molecule has 1 atom stereocenters. The first kappa shape index (κ1) is 16.0. The minimum atomic E-state index is -0.792. The van der Waals surface area contributed by atoms with Gasteiger partial charge >= 0.3 is 0 Å². The second-order valence-electron chi connectivity index (χ2n) is 5.50. The van der Waals surface area contributed by atoms with E-state index in [2.05, 4.69) is 0 Å². The second-order valence-corrected chi connectivity index (χ2v) is 5.50. The largest absolute Gasteiger partial charge is 0.497 e. The Kier molecular flexibility index (Phi) is 4.73. The second kappa shape index (κ2) is 7.11. The van der Waals surface area contributed by atoms with Crippen molar-refractivity contribution in [1.82, 2.24) is 0 Å². The SMILES string of the molecule is COc1ccc(C(O)c2cccc(C(=O)c3ccccc3)c2)cc1. The van der Waals surface area contributed by atoms with Gasteiger partial charge in [0.1, 0.15) is 11.9 Å². The van der Waals surface area contributed by atoms with E-state index < -0.39 is 6.10 Å². The maximum Gasteiger partial charge on any atom is 0.193 e. The van der Waals surface area contributed by atoms with Crippen molar-refractivity contribution in [1.29, 1.82) is 0 Å². The molecule has 0 fully saturated rings. The van der Waals surface area contributed by atoms with Gasteiger partial charge in [-0.05, 0) is 29.3 Å². The summed E-state index contributed by atoms with van der Waals surface area (Å²) in [5.74, 6) is 0.679. The van der Waals surface area contributed by atoms with Gasteiger partial charge in [-0.15, -0.1) is 0 Å². The molecule has 0 spiro atoms. The summed E-state index contributed by atoms with van der Waals surface area (Å²) >= 11 is 0. The Balaban J connectivity index is 1.88. The van der Waals surface area contributed by atoms with Gasteiger partial charge in [0.05, 0.1) is 7.11 Å². The van der Waals surface area contributed by atoms with Crippen LogP contribution < -0.4 is 4.74 Å². The fraction of sp³-hybridized carbons (Fsp3) is 0.0952. The van der Waals surface area contributed by atoms with Gasteiger partial charge in [-0.2, -0.15) is 0 Å². The summed E-state index contributed by atoms with van der Waals surface area (Å²) in [7, 11) is 1.60. The van der Waals surface area contributed by atoms with Crippen molar-refractivity contribution in [2.24, 2.45) is 0 Å². The number of methoxy groups -OCH3 is 1. The predicted octanol–water partition coefficient (Wildman–Crippen LogP) is 4.01. The average molecular weight is 318 g/mol. The molecule has 0 saturated carbocycles. The van der Waals surface area contributed by atoms with Gasteiger partial charge < -0.3 is 9.84 Å². The Morgan fingerprint density at radius 2 is 1.50 bits per heavy atom. The maximum absolute atomic E-state index is 12.5. The Morgan fingerprint density at radius 1 is 0.833 bits per heavy atom. The van der Waals surface area contributed by atoms with Crippen LogP contribution >= 0.6 is 0 Å². The van der Waals surface area contributed by atoms with Gasteiger partial charge in [-0.3, -0.25) is 4.79 Å². The topological polar surface area (TPSA) is 46.5 Å². The number of ketones is 1. The number of aliphatic hydroxyl groups is 1. The maximum atomic E-state index is 12.5. The molecule has 24 heavy (non-hydrogen) atoms. The van der Waals surface area contributed by atoms with Crippen LogP contribution in [0.5, 0.6) is 5.75 Å².